The Balaban J connectivity index is 1.26. The summed E-state index contributed by atoms with van der Waals surface area (Å²) in [5.41, 5.74) is 5.71. The Kier molecular flexibility index (Phi) is 7.98. The lowest BCUT2D eigenvalue weighted by atomic mass is 10.0. The lowest BCUT2D eigenvalue weighted by Crippen LogP contribution is -2.01. The molecule has 0 aliphatic heterocycles. The Morgan fingerprint density at radius 3 is 2.41 bits per heavy atom. The van der Waals surface area contributed by atoms with Crippen molar-refractivity contribution in [2.45, 2.75) is 27.0 Å². The minimum Gasteiger partial charge on any atom is -0.471 e. The minimum absolute atomic E-state index is 0.267. The van der Waals surface area contributed by atoms with Crippen molar-refractivity contribution in [1.29, 1.82) is 0 Å². The second-order valence-electron chi connectivity index (χ2n) is 8.93. The van der Waals surface area contributed by atoms with Gasteiger partial charge in [0.05, 0.1) is 6.61 Å². The van der Waals surface area contributed by atoms with Gasteiger partial charge in [-0.1, -0.05) is 54.6 Å². The van der Waals surface area contributed by atoms with Crippen molar-refractivity contribution in [3.63, 3.8) is 0 Å². The molecule has 0 amide bonds. The van der Waals surface area contributed by atoms with Gasteiger partial charge in [0.2, 0.25) is 11.8 Å². The van der Waals surface area contributed by atoms with Crippen LogP contribution in [-0.2, 0) is 22.7 Å². The third-order valence-corrected chi connectivity index (χ3v) is 6.11. The van der Waals surface area contributed by atoms with E-state index in [4.69, 9.17) is 13.9 Å². The van der Waals surface area contributed by atoms with Crippen LogP contribution in [0.15, 0.2) is 102 Å². The maximum atomic E-state index is 11.9. The van der Waals surface area contributed by atoms with Crippen molar-refractivity contribution >= 4 is 12.0 Å². The van der Waals surface area contributed by atoms with Crippen molar-refractivity contribution in [1.82, 2.24) is 14.5 Å². The predicted molar refractivity (Wildman–Crippen MR) is 150 cm³/mol. The Bertz CT molecular complexity index is 1550. The largest absolute Gasteiger partial charge is 0.471 e. The summed E-state index contributed by atoms with van der Waals surface area (Å²) in [6.45, 7) is 4.89. The smallest absolute Gasteiger partial charge is 0.330 e. The van der Waals surface area contributed by atoms with Gasteiger partial charge in [0.25, 0.3) is 0 Å². The van der Waals surface area contributed by atoms with Crippen LogP contribution in [0.5, 0.6) is 5.88 Å². The van der Waals surface area contributed by atoms with E-state index in [1.165, 1.54) is 6.08 Å². The molecule has 3 heterocycles. The van der Waals surface area contributed by atoms with Gasteiger partial charge >= 0.3 is 5.97 Å². The van der Waals surface area contributed by atoms with Crippen LogP contribution in [0.2, 0.25) is 0 Å². The first-order valence-corrected chi connectivity index (χ1v) is 12.8. The minimum atomic E-state index is -0.360. The monoisotopic (exact) mass is 519 g/mol. The van der Waals surface area contributed by atoms with Crippen LogP contribution >= 0.6 is 0 Å². The number of rotatable bonds is 10. The molecule has 5 rings (SSSR count). The van der Waals surface area contributed by atoms with Gasteiger partial charge in [0, 0.05) is 54.0 Å². The van der Waals surface area contributed by atoms with Crippen LogP contribution in [0.3, 0.4) is 0 Å². The summed E-state index contributed by atoms with van der Waals surface area (Å²) in [5, 5.41) is 0. The molecule has 0 aliphatic carbocycles. The van der Waals surface area contributed by atoms with Crippen LogP contribution in [0.4, 0.5) is 0 Å². The van der Waals surface area contributed by atoms with E-state index in [9.17, 15) is 4.79 Å². The summed E-state index contributed by atoms with van der Waals surface area (Å²) in [4.78, 5) is 20.9. The highest BCUT2D eigenvalue weighted by molar-refractivity contribution is 5.89. The van der Waals surface area contributed by atoms with E-state index >= 15 is 0 Å². The molecule has 0 unspecified atom stereocenters. The summed E-state index contributed by atoms with van der Waals surface area (Å²) in [5.74, 6) is 1.45. The topological polar surface area (TPSA) is 79.4 Å². The number of benzene rings is 2. The third-order valence-electron chi connectivity index (χ3n) is 6.11. The highest BCUT2D eigenvalue weighted by atomic mass is 16.5. The average molecular weight is 520 g/mol. The molecule has 2 aromatic carbocycles. The van der Waals surface area contributed by atoms with Gasteiger partial charge in [-0.15, -0.1) is 0 Å². The summed E-state index contributed by atoms with van der Waals surface area (Å²) in [6.07, 6.45) is 9.14. The van der Waals surface area contributed by atoms with Gasteiger partial charge < -0.3 is 18.5 Å². The summed E-state index contributed by atoms with van der Waals surface area (Å²) >= 11 is 0. The van der Waals surface area contributed by atoms with E-state index < -0.39 is 0 Å². The normalized spacial score (nSPS) is 11.1. The molecule has 0 saturated heterocycles. The van der Waals surface area contributed by atoms with Crippen molar-refractivity contribution in [2.75, 3.05) is 6.61 Å². The first-order valence-electron chi connectivity index (χ1n) is 12.8. The maximum Gasteiger partial charge on any atom is 0.330 e. The second-order valence-corrected chi connectivity index (χ2v) is 8.93. The third kappa shape index (κ3) is 6.51. The second kappa shape index (κ2) is 12.1. The molecule has 0 atom stereocenters. The highest BCUT2D eigenvalue weighted by Crippen LogP contribution is 2.27. The first kappa shape index (κ1) is 25.7. The fourth-order valence-corrected chi connectivity index (χ4v) is 4.17. The average Bonchev–Trinajstić information content (AvgIpc) is 3.55. The van der Waals surface area contributed by atoms with Crippen LogP contribution in [-0.4, -0.2) is 27.1 Å². The van der Waals surface area contributed by atoms with Gasteiger partial charge in [-0.2, -0.15) is 0 Å². The van der Waals surface area contributed by atoms with Crippen molar-refractivity contribution in [3.8, 4) is 28.5 Å². The molecule has 3 aromatic heterocycles. The quantitative estimate of drug-likeness (QED) is 0.151. The molecule has 196 valence electrons. The highest BCUT2D eigenvalue weighted by Gasteiger charge is 2.13. The Hall–Kier alpha value is -4.91. The molecular weight excluding hydrogens is 490 g/mol. The number of ether oxygens (including phenoxy) is 2. The van der Waals surface area contributed by atoms with Crippen molar-refractivity contribution in [2.24, 2.45) is 0 Å². The van der Waals surface area contributed by atoms with Crippen molar-refractivity contribution in [3.05, 3.63) is 120 Å². The molecule has 7 heteroatoms. The van der Waals surface area contributed by atoms with Gasteiger partial charge in [-0.25, -0.2) is 14.8 Å². The summed E-state index contributed by atoms with van der Waals surface area (Å²) < 4.78 is 18.8. The molecule has 0 N–H and O–H groups in total. The fourth-order valence-electron chi connectivity index (χ4n) is 4.17. The number of aromatic nitrogens is 3. The van der Waals surface area contributed by atoms with E-state index in [0.717, 1.165) is 39.3 Å². The molecule has 0 aliphatic rings. The van der Waals surface area contributed by atoms with E-state index in [1.807, 2.05) is 73.8 Å². The molecule has 0 spiro atoms. The molecule has 5 aromatic rings. The van der Waals surface area contributed by atoms with Gasteiger partial charge in [0.1, 0.15) is 18.1 Å². The molecule has 0 fully saturated rings. The number of carbonyl (C=O) groups is 1. The number of nitrogens with zero attached hydrogens (tertiary/aromatic N) is 3. The molecule has 0 saturated carbocycles. The number of esters is 1. The summed E-state index contributed by atoms with van der Waals surface area (Å²) in [7, 11) is 0. The molecular formula is C32H29N3O4. The van der Waals surface area contributed by atoms with Crippen molar-refractivity contribution < 1.29 is 18.7 Å². The van der Waals surface area contributed by atoms with E-state index in [2.05, 4.69) is 32.9 Å². The van der Waals surface area contributed by atoms with E-state index in [-0.39, 0.29) is 12.6 Å². The molecule has 39 heavy (non-hydrogen) atoms. The number of oxazole rings is 1. The maximum absolute atomic E-state index is 11.9. The zero-order valence-corrected chi connectivity index (χ0v) is 21.9. The summed E-state index contributed by atoms with van der Waals surface area (Å²) in [6, 6.07) is 23.7. The van der Waals surface area contributed by atoms with Crippen LogP contribution in [0, 0.1) is 6.92 Å². The van der Waals surface area contributed by atoms with Gasteiger partial charge in [-0.3, -0.25) is 0 Å². The van der Waals surface area contributed by atoms with Gasteiger partial charge in [0.15, 0.2) is 0 Å². The Morgan fingerprint density at radius 2 is 1.72 bits per heavy atom. The fraction of sp³-hybridized carbons (Fsp3) is 0.156. The lowest BCUT2D eigenvalue weighted by Gasteiger charge is -2.06. The van der Waals surface area contributed by atoms with Gasteiger partial charge in [-0.05, 0) is 43.2 Å². The lowest BCUT2D eigenvalue weighted by molar-refractivity contribution is -0.137. The van der Waals surface area contributed by atoms with E-state index in [0.29, 0.717) is 24.9 Å². The zero-order valence-electron chi connectivity index (χ0n) is 21.9. The molecule has 0 bridgehead atoms. The standard InChI is InChI=1S/C32H29N3O4/c1-3-37-31(36)17-15-27-20-35(21-28(27)25-10-6-4-7-11-25)19-24-14-16-30(33-18-24)38-22-29-23(2)39-32(34-29)26-12-8-5-9-13-26/h4-18,20-21H,3,19,22H2,1-2H3. The molecule has 0 radical (unpaired) electrons. The number of aryl methyl sites for hydroxylation is 1. The molecule has 7 nitrogen and oxygen atoms in total. The number of hydrogen-bond donors (Lipinski definition) is 0. The first-order chi connectivity index (χ1) is 19.1. The van der Waals surface area contributed by atoms with Crippen LogP contribution < -0.4 is 4.74 Å². The van der Waals surface area contributed by atoms with Crippen LogP contribution in [0.1, 0.15) is 29.5 Å². The number of pyridine rings is 1. The van der Waals surface area contributed by atoms with Crippen LogP contribution in [0.25, 0.3) is 28.7 Å². The number of carbonyl (C=O) groups excluding carboxylic acids is 1. The Labute approximate surface area is 227 Å². The Morgan fingerprint density at radius 1 is 0.974 bits per heavy atom. The predicted octanol–water partition coefficient (Wildman–Crippen LogP) is 6.72. The zero-order chi connectivity index (χ0) is 27.0. The SMILES string of the molecule is CCOC(=O)C=Cc1cn(Cc2ccc(OCc3nc(-c4ccccc4)oc3C)nc2)cc1-c1ccccc1. The number of hydrogen-bond acceptors (Lipinski definition) is 6. The van der Waals surface area contributed by atoms with E-state index in [1.54, 1.807) is 19.2 Å².